The molecule has 0 radical (unpaired) electrons. The Morgan fingerprint density at radius 3 is 1.84 bits per heavy atom. The number of sulfonamides is 1. The summed E-state index contributed by atoms with van der Waals surface area (Å²) in [6, 6.07) is 14.1. The number of rotatable bonds is 6. The van der Waals surface area contributed by atoms with Gasteiger partial charge in [0.1, 0.15) is 0 Å². The molecule has 2 aromatic carbocycles. The van der Waals surface area contributed by atoms with Gasteiger partial charge in [-0.05, 0) is 61.7 Å². The Labute approximate surface area is 149 Å². The van der Waals surface area contributed by atoms with Crippen molar-refractivity contribution < 1.29 is 13.2 Å². The molecule has 0 unspecified atom stereocenters. The molecule has 2 aromatic rings. The molecule has 0 aliphatic heterocycles. The van der Waals surface area contributed by atoms with Crippen LogP contribution in [0.25, 0.3) is 0 Å². The lowest BCUT2D eigenvalue weighted by atomic mass is 10.0. The molecule has 25 heavy (non-hydrogen) atoms. The zero-order valence-electron chi connectivity index (χ0n) is 14.9. The van der Waals surface area contributed by atoms with Gasteiger partial charge in [0.05, 0.1) is 5.25 Å². The number of anilines is 2. The first-order valence-electron chi connectivity index (χ1n) is 8.22. The number of carbonyl (C=O) groups is 1. The van der Waals surface area contributed by atoms with Gasteiger partial charge in [0, 0.05) is 16.9 Å². The third-order valence-corrected chi connectivity index (χ3v) is 5.62. The van der Waals surface area contributed by atoms with Crippen LogP contribution in [0, 0.1) is 0 Å². The van der Waals surface area contributed by atoms with Crippen LogP contribution in [0.2, 0.25) is 0 Å². The van der Waals surface area contributed by atoms with E-state index in [1.165, 1.54) is 5.56 Å². The summed E-state index contributed by atoms with van der Waals surface area (Å²) in [5.41, 5.74) is 2.82. The molecule has 0 bridgehead atoms. The molecule has 2 rings (SSSR count). The Kier molecular flexibility index (Phi) is 5.85. The van der Waals surface area contributed by atoms with Crippen molar-refractivity contribution in [1.82, 2.24) is 0 Å². The Hall–Kier alpha value is -2.34. The third kappa shape index (κ3) is 5.06. The minimum absolute atomic E-state index is 0.240. The lowest BCUT2D eigenvalue weighted by Crippen LogP contribution is -2.22. The van der Waals surface area contributed by atoms with Crippen molar-refractivity contribution in [1.29, 1.82) is 0 Å². The molecule has 0 saturated heterocycles. The summed E-state index contributed by atoms with van der Waals surface area (Å²) >= 11 is 0. The van der Waals surface area contributed by atoms with Gasteiger partial charge in [-0.1, -0.05) is 26.0 Å². The Bertz CT molecular complexity index is 824. The molecule has 0 heterocycles. The lowest BCUT2D eigenvalue weighted by molar-refractivity contribution is 0.102. The highest BCUT2D eigenvalue weighted by Gasteiger charge is 2.15. The summed E-state index contributed by atoms with van der Waals surface area (Å²) in [5.74, 6) is 0.197. The predicted octanol–water partition coefficient (Wildman–Crippen LogP) is 4.21. The molecular weight excluding hydrogens is 336 g/mol. The molecule has 1 amide bonds. The summed E-state index contributed by atoms with van der Waals surface area (Å²) in [6.45, 7) is 7.44. The topological polar surface area (TPSA) is 75.3 Å². The standard InChI is InChI=1S/C19H24N2O3S/c1-13(2)15-5-9-17(10-6-15)20-19(22)16-7-11-18(12-8-16)21-25(23,24)14(3)4/h5-14,21H,1-4H3,(H,20,22). The Morgan fingerprint density at radius 1 is 0.840 bits per heavy atom. The van der Waals surface area contributed by atoms with Crippen LogP contribution in [-0.2, 0) is 10.0 Å². The summed E-state index contributed by atoms with van der Waals surface area (Å²) < 4.78 is 26.2. The van der Waals surface area contributed by atoms with Gasteiger partial charge in [0.25, 0.3) is 5.91 Å². The van der Waals surface area contributed by atoms with Crippen molar-refractivity contribution in [3.63, 3.8) is 0 Å². The van der Waals surface area contributed by atoms with Gasteiger partial charge in [-0.15, -0.1) is 0 Å². The van der Waals surface area contributed by atoms with E-state index in [1.54, 1.807) is 38.1 Å². The van der Waals surface area contributed by atoms with Gasteiger partial charge in [-0.3, -0.25) is 9.52 Å². The highest BCUT2D eigenvalue weighted by molar-refractivity contribution is 7.93. The van der Waals surface area contributed by atoms with E-state index in [9.17, 15) is 13.2 Å². The Balaban J connectivity index is 2.05. The second kappa shape index (κ2) is 7.70. The van der Waals surface area contributed by atoms with Crippen LogP contribution in [0.1, 0.15) is 49.5 Å². The van der Waals surface area contributed by atoms with Crippen LogP contribution in [-0.4, -0.2) is 19.6 Å². The number of hydrogen-bond acceptors (Lipinski definition) is 3. The fourth-order valence-electron chi connectivity index (χ4n) is 2.13. The fraction of sp³-hybridized carbons (Fsp3) is 0.316. The van der Waals surface area contributed by atoms with Crippen LogP contribution in [0.5, 0.6) is 0 Å². The minimum atomic E-state index is -3.39. The largest absolute Gasteiger partial charge is 0.322 e. The summed E-state index contributed by atoms with van der Waals surface area (Å²) in [6.07, 6.45) is 0. The molecule has 0 aromatic heterocycles. The maximum Gasteiger partial charge on any atom is 0.255 e. The predicted molar refractivity (Wildman–Crippen MR) is 103 cm³/mol. The molecule has 0 fully saturated rings. The SMILES string of the molecule is CC(C)c1ccc(NC(=O)c2ccc(NS(=O)(=O)C(C)C)cc2)cc1. The Morgan fingerprint density at radius 2 is 1.36 bits per heavy atom. The third-order valence-electron chi connectivity index (χ3n) is 3.86. The molecule has 134 valence electrons. The van der Waals surface area contributed by atoms with Crippen molar-refractivity contribution in [2.45, 2.75) is 38.9 Å². The molecule has 6 heteroatoms. The van der Waals surface area contributed by atoms with E-state index >= 15 is 0 Å². The highest BCUT2D eigenvalue weighted by Crippen LogP contribution is 2.18. The zero-order valence-corrected chi connectivity index (χ0v) is 15.7. The van der Waals surface area contributed by atoms with Gasteiger partial charge >= 0.3 is 0 Å². The molecular formula is C19H24N2O3S. The summed E-state index contributed by atoms with van der Waals surface area (Å²) in [4.78, 5) is 12.3. The first-order chi connectivity index (χ1) is 11.7. The average molecular weight is 360 g/mol. The van der Waals surface area contributed by atoms with Crippen LogP contribution in [0.15, 0.2) is 48.5 Å². The quantitative estimate of drug-likeness (QED) is 0.810. The molecule has 5 nitrogen and oxygen atoms in total. The van der Waals surface area contributed by atoms with Crippen molar-refractivity contribution in [3.05, 3.63) is 59.7 Å². The van der Waals surface area contributed by atoms with E-state index in [0.717, 1.165) is 5.69 Å². The number of amides is 1. The fourth-order valence-corrected chi connectivity index (χ4v) is 2.83. The van der Waals surface area contributed by atoms with Crippen molar-refractivity contribution >= 4 is 27.3 Å². The van der Waals surface area contributed by atoms with Gasteiger partial charge in [-0.25, -0.2) is 8.42 Å². The molecule has 0 aliphatic carbocycles. The van der Waals surface area contributed by atoms with Crippen molar-refractivity contribution in [2.24, 2.45) is 0 Å². The van der Waals surface area contributed by atoms with Gasteiger partial charge in [-0.2, -0.15) is 0 Å². The maximum absolute atomic E-state index is 12.3. The molecule has 0 atom stereocenters. The summed E-state index contributed by atoms with van der Waals surface area (Å²) in [5, 5.41) is 2.31. The second-order valence-electron chi connectivity index (χ2n) is 6.50. The van der Waals surface area contributed by atoms with E-state index < -0.39 is 15.3 Å². The average Bonchev–Trinajstić information content (AvgIpc) is 2.55. The number of nitrogens with one attached hydrogen (secondary N) is 2. The van der Waals surface area contributed by atoms with Gasteiger partial charge in [0.15, 0.2) is 0 Å². The smallest absolute Gasteiger partial charge is 0.255 e. The molecule has 2 N–H and O–H groups in total. The normalized spacial score (nSPS) is 11.6. The van der Waals surface area contributed by atoms with Crippen molar-refractivity contribution in [2.75, 3.05) is 10.0 Å². The first kappa shape index (κ1) is 19.0. The van der Waals surface area contributed by atoms with E-state index in [2.05, 4.69) is 23.9 Å². The van der Waals surface area contributed by atoms with E-state index in [0.29, 0.717) is 17.2 Å². The molecule has 0 saturated carbocycles. The maximum atomic E-state index is 12.3. The first-order valence-corrected chi connectivity index (χ1v) is 9.76. The van der Waals surface area contributed by atoms with Crippen molar-refractivity contribution in [3.8, 4) is 0 Å². The minimum Gasteiger partial charge on any atom is -0.322 e. The second-order valence-corrected chi connectivity index (χ2v) is 8.74. The van der Waals surface area contributed by atoms with Crippen LogP contribution in [0.4, 0.5) is 11.4 Å². The lowest BCUT2D eigenvalue weighted by Gasteiger charge is -2.11. The monoisotopic (exact) mass is 360 g/mol. The van der Waals surface area contributed by atoms with E-state index in [1.807, 2.05) is 24.3 Å². The molecule has 0 spiro atoms. The number of hydrogen-bond donors (Lipinski definition) is 2. The van der Waals surface area contributed by atoms with Crippen LogP contribution < -0.4 is 10.0 Å². The van der Waals surface area contributed by atoms with E-state index in [-0.39, 0.29) is 5.91 Å². The van der Waals surface area contributed by atoms with Crippen LogP contribution in [0.3, 0.4) is 0 Å². The highest BCUT2D eigenvalue weighted by atomic mass is 32.2. The summed E-state index contributed by atoms with van der Waals surface area (Å²) in [7, 11) is -3.39. The number of carbonyl (C=O) groups excluding carboxylic acids is 1. The van der Waals surface area contributed by atoms with Gasteiger partial charge in [0.2, 0.25) is 10.0 Å². The number of benzene rings is 2. The van der Waals surface area contributed by atoms with E-state index in [4.69, 9.17) is 0 Å². The van der Waals surface area contributed by atoms with Gasteiger partial charge < -0.3 is 5.32 Å². The van der Waals surface area contributed by atoms with Crippen LogP contribution >= 0.6 is 0 Å². The molecule has 0 aliphatic rings. The zero-order chi connectivity index (χ0) is 18.6.